The lowest BCUT2D eigenvalue weighted by atomic mass is 9.49. The average Bonchev–Trinajstić information content (AvgIpc) is 1.64. The van der Waals surface area contributed by atoms with Crippen LogP contribution in [0.15, 0.2) is 58.2 Å². The lowest BCUT2D eigenvalue weighted by Gasteiger charge is -2.56. The molecule has 0 heterocycles. The van der Waals surface area contributed by atoms with Crippen molar-refractivity contribution in [2.24, 2.45) is 252 Å². The lowest BCUT2D eigenvalue weighted by Crippen LogP contribution is -2.51. The monoisotopic (exact) mass is 2010 g/mol. The highest BCUT2D eigenvalue weighted by Gasteiger charge is 2.65. The molecule has 0 aromatic heterocycles. The Morgan fingerprint density at radius 1 is 0.310 bits per heavy atom. The molecule has 15 fully saturated rings. The molecule has 0 aliphatic heterocycles. The molecular weight excluding hydrogens is 1780 g/mol. The van der Waals surface area contributed by atoms with Crippen molar-refractivity contribution in [2.75, 3.05) is 6.61 Å². The van der Waals surface area contributed by atoms with Gasteiger partial charge >= 0.3 is 0 Å². The SMILES string of the molecule is CC(C)C(O)CC[C@@H](C)C1CCC2C3CC=C4C[C@@H](O)C[C@@H](C)C4C3CC[C@@]21C.CC(C)CCC(O)[C@@H](C)C1CCC2C3CC=C4C[C@@H](O)C[C@@H](C)C4C3CC[C@@]21C.CC(C)CCC[C@](C)(O)C1CCC2C3CC=C4C[C@@H](O)C[C@@H](C)C4C3CC[C@@]21C.CC(CO)CCC[C@@H](C)C1CCC2C3CC=C4C[C@@H](O)C[C@@H](C)C4C3CC[C@@]21C.C[C@@H]1C[C@H](O)CC2=CCC3C(CC[C@@]4(C)C3CCC4[C@H](C)CCCC(C)(C)O)C21. The van der Waals surface area contributed by atoms with E-state index >= 15 is 0 Å². The van der Waals surface area contributed by atoms with Crippen molar-refractivity contribution in [2.45, 2.75) is 528 Å². The highest BCUT2D eigenvalue weighted by molar-refractivity contribution is 5.28. The van der Waals surface area contributed by atoms with E-state index in [2.05, 4.69) is 183 Å². The van der Waals surface area contributed by atoms with E-state index in [4.69, 9.17) is 0 Å². The Morgan fingerprint density at radius 3 is 0.910 bits per heavy atom. The molecule has 0 aromatic rings. The Morgan fingerprint density at radius 2 is 0.593 bits per heavy atom. The summed E-state index contributed by atoms with van der Waals surface area (Å²) in [6.07, 6.45) is 70.4. The van der Waals surface area contributed by atoms with Gasteiger partial charge in [-0.15, -0.1) is 0 Å². The highest BCUT2D eigenvalue weighted by atomic mass is 16.3. The van der Waals surface area contributed by atoms with Crippen LogP contribution in [0.25, 0.3) is 0 Å². The van der Waals surface area contributed by atoms with Crippen molar-refractivity contribution in [1.29, 1.82) is 0 Å². The number of rotatable bonds is 26. The first-order valence-electron chi connectivity index (χ1n) is 63.8. The minimum Gasteiger partial charge on any atom is -0.396 e. The second-order valence-corrected chi connectivity index (χ2v) is 61.1. The standard InChI is InChI=1S/5C27H46O2/c1-16(2)25(29)11-6-17(3)23-9-10-24-21-8-7-19-15-20(28)14-18(4)26(19)22(21)12-13-27(23,24)5;1-16(2)6-11-25(29)18(4)23-9-10-24-21-8-7-19-15-20(28)14-17(3)26(19)22(21)12-13-27(23,24)5;1-17(7-6-13-26(3,4)29)23-10-11-24-21-9-8-19-16-20(28)15-18(2)25(19)22(21)12-14-27(23,24)5;1-17(2)7-6-13-27(5,29)24-11-10-23-21-9-8-19-16-20(28)15-18(3)25(19)22(21)12-14-26(23,24)4;1-17(16-28)6-5-7-18(2)24-10-11-25-22-9-8-20-15-21(29)14-19(3)26(20)23(22)12-13-27(24,25)4/h2*7,16-18,20-26,28-29H,6,8-15H2,1-5H3;2*8,17-18,20-25,28-29H,6-7,9-16H2,1-5H3;8,17-19,21-26,28-29H,5-7,9-16H2,1-4H3/t17-,18-,20+,21?,22?,23?,24?,25?,26?,27-;17-,18+,20+,21?,22?,23?,24?,25?,26?,27-;17-,18-,20+,21?,22?,23?,24?,25?,27-;18-,20+,21?,22?,23?,24?,25?,26+,27+;17?,18-,19-,21+,22?,23?,24?,25?,26?,27-/m11111/s1. The molecule has 10 nitrogen and oxygen atoms in total. The van der Waals surface area contributed by atoms with Crippen LogP contribution in [0.5, 0.6) is 0 Å². The molecule has 0 bridgehead atoms. The molecule has 20 aliphatic carbocycles. The van der Waals surface area contributed by atoms with Gasteiger partial charge in [0.25, 0.3) is 0 Å². The zero-order valence-electron chi connectivity index (χ0n) is 98.0. The van der Waals surface area contributed by atoms with Gasteiger partial charge in [-0.1, -0.05) is 242 Å². The maximum Gasteiger partial charge on any atom is 0.0653 e. The van der Waals surface area contributed by atoms with Crippen LogP contribution in [0.4, 0.5) is 0 Å². The van der Waals surface area contributed by atoms with Gasteiger partial charge in [0.15, 0.2) is 0 Å². The van der Waals surface area contributed by atoms with E-state index < -0.39 is 11.2 Å². The predicted octanol–water partition coefficient (Wildman–Crippen LogP) is 31.4. The van der Waals surface area contributed by atoms with Crippen LogP contribution in [0.1, 0.15) is 474 Å². The number of aliphatic hydroxyl groups is 10. The second-order valence-electron chi connectivity index (χ2n) is 61.1. The number of hydrogen-bond acceptors (Lipinski definition) is 10. The minimum absolute atomic E-state index is 0.0943. The van der Waals surface area contributed by atoms with Crippen molar-refractivity contribution in [3.05, 3.63) is 58.2 Å². The van der Waals surface area contributed by atoms with Crippen molar-refractivity contribution in [1.82, 2.24) is 0 Å². The van der Waals surface area contributed by atoms with Gasteiger partial charge in [-0.05, 0) is 542 Å². The number of fused-ring (bicyclic) bond motifs is 25. The summed E-state index contributed by atoms with van der Waals surface area (Å²) in [6, 6.07) is 0. The molecule has 0 amide bonds. The molecule has 10 heteroatoms. The van der Waals surface area contributed by atoms with E-state index in [-0.39, 0.29) is 42.7 Å². The van der Waals surface area contributed by atoms with Crippen molar-refractivity contribution < 1.29 is 51.1 Å². The summed E-state index contributed by atoms with van der Waals surface area (Å²) < 4.78 is 0. The van der Waals surface area contributed by atoms with E-state index in [1.807, 2.05) is 13.8 Å². The lowest BCUT2D eigenvalue weighted by molar-refractivity contribution is -0.0988. The summed E-state index contributed by atoms with van der Waals surface area (Å²) >= 11 is 0. The number of hydrogen-bond donors (Lipinski definition) is 10. The Bertz CT molecular complexity index is 4290. The largest absolute Gasteiger partial charge is 0.396 e. The molecule has 20 aliphatic rings. The van der Waals surface area contributed by atoms with Crippen LogP contribution >= 0.6 is 0 Å². The summed E-state index contributed by atoms with van der Waals surface area (Å²) in [4.78, 5) is 0. The first kappa shape index (κ1) is 116. The molecule has 0 aromatic carbocycles. The molecule has 10 N–H and O–H groups in total. The summed E-state index contributed by atoms with van der Waals surface area (Å²) in [5.74, 6) is 28.6. The Hall–Kier alpha value is -1.70. The molecule has 20 rings (SSSR count). The zero-order chi connectivity index (χ0) is 105. The maximum absolute atomic E-state index is 11.5. The first-order valence-corrected chi connectivity index (χ1v) is 63.8. The van der Waals surface area contributed by atoms with Gasteiger partial charge in [-0.2, -0.15) is 0 Å². The fraction of sp³-hybridized carbons (Fsp3) is 0.926. The van der Waals surface area contributed by atoms with Gasteiger partial charge in [-0.3, -0.25) is 0 Å². The normalized spacial score (nSPS) is 46.3. The van der Waals surface area contributed by atoms with Gasteiger partial charge in [0, 0.05) is 6.61 Å². The molecule has 28 unspecified atom stereocenters. The topological polar surface area (TPSA) is 202 Å². The molecule has 0 saturated heterocycles. The molecular formula is C135H230O10. The van der Waals surface area contributed by atoms with Crippen molar-refractivity contribution in [3.8, 4) is 0 Å². The van der Waals surface area contributed by atoms with Crippen molar-refractivity contribution >= 4 is 0 Å². The zero-order valence-corrected chi connectivity index (χ0v) is 98.0. The van der Waals surface area contributed by atoms with E-state index in [1.54, 1.807) is 27.9 Å². The fourth-order valence-corrected chi connectivity index (χ4v) is 43.7. The Balaban J connectivity index is 0.000000130. The summed E-state index contributed by atoms with van der Waals surface area (Å²) in [5, 5.41) is 104. The van der Waals surface area contributed by atoms with Crippen LogP contribution in [-0.2, 0) is 0 Å². The molecule has 0 spiro atoms. The van der Waals surface area contributed by atoms with Gasteiger partial charge in [-0.25, -0.2) is 0 Å². The summed E-state index contributed by atoms with van der Waals surface area (Å²) in [5.41, 5.74) is 9.28. The molecule has 15 saturated carbocycles. The van der Waals surface area contributed by atoms with Gasteiger partial charge < -0.3 is 51.1 Å². The maximum atomic E-state index is 11.5. The third-order valence-corrected chi connectivity index (χ3v) is 50.5. The van der Waals surface area contributed by atoms with Crippen LogP contribution in [-0.4, -0.2) is 112 Å². The van der Waals surface area contributed by atoms with Crippen LogP contribution < -0.4 is 0 Å². The smallest absolute Gasteiger partial charge is 0.0653 e. The molecule has 830 valence electrons. The average molecular weight is 2010 g/mol. The minimum atomic E-state index is -0.518. The van der Waals surface area contributed by atoms with Gasteiger partial charge in [0.05, 0.1) is 53.9 Å². The predicted molar refractivity (Wildman–Crippen MR) is 602 cm³/mol. The first-order chi connectivity index (χ1) is 68.5. The molecule has 0 radical (unpaired) electrons. The molecule has 145 heavy (non-hydrogen) atoms. The van der Waals surface area contributed by atoms with E-state index in [0.717, 1.165) is 263 Å². The van der Waals surface area contributed by atoms with Crippen LogP contribution in [0.3, 0.4) is 0 Å². The Labute approximate surface area is 890 Å². The van der Waals surface area contributed by atoms with E-state index in [9.17, 15) is 51.1 Å². The third kappa shape index (κ3) is 24.2. The summed E-state index contributed by atoms with van der Waals surface area (Å²) in [7, 11) is 0. The third-order valence-electron chi connectivity index (χ3n) is 50.5. The Kier molecular flexibility index (Phi) is 38.0. The van der Waals surface area contributed by atoms with Crippen LogP contribution in [0, 0.1) is 252 Å². The number of aliphatic hydroxyl groups excluding tert-OH is 8. The fourth-order valence-electron chi connectivity index (χ4n) is 43.7. The van der Waals surface area contributed by atoms with E-state index in [1.165, 1.54) is 199 Å². The highest BCUT2D eigenvalue weighted by Crippen LogP contribution is 2.73. The van der Waals surface area contributed by atoms with E-state index in [0.29, 0.717) is 105 Å². The quantitative estimate of drug-likeness (QED) is 0.0372. The van der Waals surface area contributed by atoms with Gasteiger partial charge in [0.1, 0.15) is 0 Å². The van der Waals surface area contributed by atoms with Crippen LogP contribution in [0.2, 0.25) is 0 Å². The van der Waals surface area contributed by atoms with Gasteiger partial charge in [0.2, 0.25) is 0 Å². The van der Waals surface area contributed by atoms with Crippen molar-refractivity contribution in [3.63, 3.8) is 0 Å². The number of allylic oxidation sites excluding steroid dienone is 5. The molecule has 48 atom stereocenters. The summed E-state index contributed by atoms with van der Waals surface area (Å²) in [6.45, 7) is 56.8. The second kappa shape index (κ2) is 47.6.